The third-order valence-electron chi connectivity index (χ3n) is 8.66. The number of phenols is 1. The normalized spacial score (nSPS) is 24.1. The molecule has 4 atom stereocenters. The number of rotatable bonds is 6. The van der Waals surface area contributed by atoms with Crippen LogP contribution in [0.5, 0.6) is 5.75 Å². The predicted octanol–water partition coefficient (Wildman–Crippen LogP) is 2.01. The number of phenolic OH excluding ortho intramolecular Hbond substituents is 1. The molecule has 0 spiro atoms. The number of allylic oxidation sites excluding steroid dienone is 1. The van der Waals surface area contributed by atoms with Crippen molar-refractivity contribution in [1.82, 2.24) is 9.80 Å². The fourth-order valence-electron chi connectivity index (χ4n) is 6.77. The summed E-state index contributed by atoms with van der Waals surface area (Å²) in [6, 6.07) is 9.34. The van der Waals surface area contributed by atoms with Crippen LogP contribution in [0.3, 0.4) is 0 Å². The van der Waals surface area contributed by atoms with Crippen LogP contribution in [0.15, 0.2) is 71.3 Å². The molecule has 45 heavy (non-hydrogen) atoms. The average molecular weight is 613 g/mol. The van der Waals surface area contributed by atoms with Crippen molar-refractivity contribution in [3.63, 3.8) is 0 Å². The van der Waals surface area contributed by atoms with Crippen LogP contribution in [0.4, 0.5) is 5.69 Å². The molecule has 0 unspecified atom stereocenters. The lowest BCUT2D eigenvalue weighted by Crippen LogP contribution is -2.63. The summed E-state index contributed by atoms with van der Waals surface area (Å²) in [7, 11) is 7.08. The second kappa shape index (κ2) is 11.6. The van der Waals surface area contributed by atoms with E-state index in [4.69, 9.17) is 5.73 Å². The molecule has 0 radical (unpaired) electrons. The lowest BCUT2D eigenvalue weighted by molar-refractivity contribution is -0.148. The summed E-state index contributed by atoms with van der Waals surface area (Å²) in [5.74, 6) is -0.719. The van der Waals surface area contributed by atoms with Crippen LogP contribution in [0.2, 0.25) is 0 Å². The van der Waals surface area contributed by atoms with Gasteiger partial charge in [-0.25, -0.2) is 0 Å². The lowest BCUT2D eigenvalue weighted by Gasteiger charge is -2.50. The van der Waals surface area contributed by atoms with E-state index in [0.717, 1.165) is 11.4 Å². The van der Waals surface area contributed by atoms with Crippen LogP contribution in [0.1, 0.15) is 33.5 Å². The van der Waals surface area contributed by atoms with E-state index in [0.29, 0.717) is 23.2 Å². The molecule has 0 aliphatic heterocycles. The van der Waals surface area contributed by atoms with Gasteiger partial charge in [-0.1, -0.05) is 18.4 Å². The second-order valence-electron chi connectivity index (χ2n) is 12.2. The van der Waals surface area contributed by atoms with Gasteiger partial charge in [-0.05, 0) is 88.9 Å². The van der Waals surface area contributed by atoms with Gasteiger partial charge < -0.3 is 36.4 Å². The first-order chi connectivity index (χ1) is 21.2. The van der Waals surface area contributed by atoms with Crippen molar-refractivity contribution in [3.8, 4) is 17.6 Å². The number of primary amides is 1. The summed E-state index contributed by atoms with van der Waals surface area (Å²) in [4.78, 5) is 43.0. The molecule has 11 heteroatoms. The zero-order valence-corrected chi connectivity index (χ0v) is 25.5. The Morgan fingerprint density at radius 1 is 1.07 bits per heavy atom. The zero-order chi connectivity index (χ0) is 33.0. The number of hydrogen-bond donors (Lipinski definition) is 6. The first-order valence-electron chi connectivity index (χ1n) is 14.4. The number of Topliss-reactive ketones (excluding diaryl/α,β-unsaturated/α-hetero) is 2. The van der Waals surface area contributed by atoms with Gasteiger partial charge in [0.25, 0.3) is 5.91 Å². The molecule has 0 saturated heterocycles. The number of ketones is 2. The van der Waals surface area contributed by atoms with Crippen molar-refractivity contribution >= 4 is 23.2 Å². The SMILES string of the molecule is C=C(CN(C)C)Nc1ccc(C#Cc2ccc(O)c3c2C[C@H]2C[C@H]4[C@H](N(C)C)C(O)=C(C(N)=O)C(=O)[C@@]4(O)C(O)=C2C3=O)cc1. The molecule has 5 rings (SSSR count). The third kappa shape index (κ3) is 5.27. The van der Waals surface area contributed by atoms with Gasteiger partial charge >= 0.3 is 0 Å². The Labute approximate surface area is 261 Å². The number of amides is 1. The summed E-state index contributed by atoms with van der Waals surface area (Å²) in [6.45, 7) is 4.70. The van der Waals surface area contributed by atoms with Gasteiger partial charge in [-0.15, -0.1) is 0 Å². The molecule has 3 aliphatic rings. The number of aromatic hydroxyl groups is 1. The summed E-state index contributed by atoms with van der Waals surface area (Å²) >= 11 is 0. The number of fused-ring (bicyclic) bond motifs is 3. The van der Waals surface area contributed by atoms with Crippen LogP contribution in [0, 0.1) is 23.7 Å². The fraction of sp³-hybridized carbons (Fsp3) is 0.324. The van der Waals surface area contributed by atoms with Crippen LogP contribution < -0.4 is 11.1 Å². The maximum absolute atomic E-state index is 13.9. The van der Waals surface area contributed by atoms with Crippen molar-refractivity contribution in [2.45, 2.75) is 24.5 Å². The van der Waals surface area contributed by atoms with Crippen LogP contribution in [-0.4, -0.2) is 94.1 Å². The summed E-state index contributed by atoms with van der Waals surface area (Å²) in [6.07, 6.45) is 0.158. The van der Waals surface area contributed by atoms with E-state index in [-0.39, 0.29) is 29.7 Å². The van der Waals surface area contributed by atoms with E-state index in [1.54, 1.807) is 20.2 Å². The number of carbonyl (C=O) groups is 3. The molecule has 11 nitrogen and oxygen atoms in total. The minimum atomic E-state index is -2.68. The Bertz CT molecular complexity index is 1760. The predicted molar refractivity (Wildman–Crippen MR) is 167 cm³/mol. The topological polar surface area (TPSA) is 177 Å². The largest absolute Gasteiger partial charge is 0.510 e. The molecule has 2 aromatic carbocycles. The number of nitrogens with zero attached hydrogens (tertiary/aromatic N) is 2. The minimum Gasteiger partial charge on any atom is -0.510 e. The monoisotopic (exact) mass is 612 g/mol. The molecular weight excluding hydrogens is 576 g/mol. The smallest absolute Gasteiger partial charge is 0.255 e. The first kappa shape index (κ1) is 31.5. The number of aliphatic hydroxyl groups excluding tert-OH is 2. The number of aliphatic hydroxyl groups is 3. The van der Waals surface area contributed by atoms with Crippen molar-refractivity contribution in [3.05, 3.63) is 93.6 Å². The van der Waals surface area contributed by atoms with E-state index in [2.05, 4.69) is 23.7 Å². The van der Waals surface area contributed by atoms with Gasteiger partial charge in [0.15, 0.2) is 11.4 Å². The fourth-order valence-corrected chi connectivity index (χ4v) is 6.77. The number of nitrogens with two attached hydrogens (primary N) is 1. The number of benzene rings is 2. The van der Waals surface area contributed by atoms with Gasteiger partial charge in [0.2, 0.25) is 5.78 Å². The van der Waals surface area contributed by atoms with Crippen molar-refractivity contribution in [1.29, 1.82) is 0 Å². The highest BCUT2D eigenvalue weighted by Crippen LogP contribution is 2.52. The average Bonchev–Trinajstić information content (AvgIpc) is 2.94. The number of carbonyl (C=O) groups excluding carboxylic acids is 3. The van der Waals surface area contributed by atoms with E-state index in [1.807, 2.05) is 43.3 Å². The Hall–Kier alpha value is -4.89. The number of hydrogen-bond acceptors (Lipinski definition) is 10. The molecule has 1 amide bonds. The molecular formula is C34H36N4O7. The van der Waals surface area contributed by atoms with E-state index in [1.165, 1.54) is 11.0 Å². The van der Waals surface area contributed by atoms with E-state index < -0.39 is 58.0 Å². The van der Waals surface area contributed by atoms with Crippen molar-refractivity contribution in [2.75, 3.05) is 40.1 Å². The highest BCUT2D eigenvalue weighted by Gasteiger charge is 2.63. The molecule has 0 saturated carbocycles. The third-order valence-corrected chi connectivity index (χ3v) is 8.66. The first-order valence-corrected chi connectivity index (χ1v) is 14.4. The molecule has 0 fully saturated rings. The Morgan fingerprint density at radius 2 is 1.73 bits per heavy atom. The second-order valence-corrected chi connectivity index (χ2v) is 12.2. The van der Waals surface area contributed by atoms with Crippen molar-refractivity contribution in [2.24, 2.45) is 17.6 Å². The van der Waals surface area contributed by atoms with Crippen LogP contribution in [-0.2, 0) is 16.0 Å². The highest BCUT2D eigenvalue weighted by molar-refractivity contribution is 6.24. The summed E-state index contributed by atoms with van der Waals surface area (Å²) in [5, 5.41) is 48.1. The van der Waals surface area contributed by atoms with Gasteiger partial charge in [0.1, 0.15) is 22.8 Å². The standard InChI is InChI=1S/C34H36N4O7/c1-17(16-37(2)3)36-21-11-7-18(8-12-21)6-9-19-10-13-24(39)26-22(19)14-20-15-23-28(38(4)5)30(41)27(33(35)44)32(43)34(23,45)31(42)25(20)29(26)40/h7-8,10-13,20,23,28,36,39,41-42,45H,1,14-16H2,2-5H3,(H2,35,44)/t20-,23-,28-,34-/m0/s1. The van der Waals surface area contributed by atoms with Crippen molar-refractivity contribution < 1.29 is 34.8 Å². The quantitative estimate of drug-likeness (QED) is 0.209. The molecule has 7 N–H and O–H groups in total. The zero-order valence-electron chi connectivity index (χ0n) is 25.5. The summed E-state index contributed by atoms with van der Waals surface area (Å²) in [5.41, 5.74) is 4.95. The molecule has 2 aromatic rings. The van der Waals surface area contributed by atoms with Gasteiger partial charge in [0.05, 0.1) is 11.6 Å². The number of anilines is 1. The maximum Gasteiger partial charge on any atom is 0.255 e. The number of likely N-dealkylation sites (N-methyl/N-ethyl adjacent to an activating group) is 2. The van der Waals surface area contributed by atoms with Gasteiger partial charge in [-0.2, -0.15) is 0 Å². The van der Waals surface area contributed by atoms with Crippen LogP contribution >= 0.6 is 0 Å². The Kier molecular flexibility index (Phi) is 8.10. The molecule has 0 heterocycles. The number of nitrogens with one attached hydrogen (secondary N) is 1. The molecule has 234 valence electrons. The molecule has 0 aromatic heterocycles. The van der Waals surface area contributed by atoms with E-state index >= 15 is 0 Å². The maximum atomic E-state index is 13.9. The molecule has 0 bridgehead atoms. The summed E-state index contributed by atoms with van der Waals surface area (Å²) < 4.78 is 0. The Balaban J connectivity index is 1.53. The van der Waals surface area contributed by atoms with Gasteiger partial charge in [0, 0.05) is 40.5 Å². The lowest BCUT2D eigenvalue weighted by atomic mass is 9.58. The van der Waals surface area contributed by atoms with E-state index in [9.17, 15) is 34.8 Å². The Morgan fingerprint density at radius 3 is 2.33 bits per heavy atom. The molecule has 3 aliphatic carbocycles. The highest BCUT2D eigenvalue weighted by atomic mass is 16.3. The van der Waals surface area contributed by atoms with Crippen LogP contribution in [0.25, 0.3) is 0 Å². The van der Waals surface area contributed by atoms with Gasteiger partial charge in [-0.3, -0.25) is 19.3 Å². The minimum absolute atomic E-state index is 0.00185.